The molecule has 0 aliphatic carbocycles. The van der Waals surface area contributed by atoms with Crippen molar-refractivity contribution in [1.82, 2.24) is 4.34 Å². The quantitative estimate of drug-likeness (QED) is 0.774. The molecule has 0 unspecified atom stereocenters. The van der Waals surface area contributed by atoms with Gasteiger partial charge in [-0.15, -0.1) is 0 Å². The second-order valence-electron chi connectivity index (χ2n) is 2.99. The molecule has 2 aromatic rings. The van der Waals surface area contributed by atoms with Crippen LogP contribution in [-0.4, -0.2) is 5.91 Å². The first-order valence-electron chi connectivity index (χ1n) is 4.21. The maximum Gasteiger partial charge on any atom is 0.261 e. The summed E-state index contributed by atoms with van der Waals surface area (Å²) in [5.41, 5.74) is 0.653. The number of hydrogen-bond donors (Lipinski definition) is 1. The highest BCUT2D eigenvalue weighted by atomic mass is 79.9. The van der Waals surface area contributed by atoms with Gasteiger partial charge in [0.1, 0.15) is 0 Å². The predicted molar refractivity (Wildman–Crippen MR) is 60.3 cm³/mol. The lowest BCUT2D eigenvalue weighted by Gasteiger charge is -2.00. The van der Waals surface area contributed by atoms with Crippen LogP contribution in [0, 0.1) is 0 Å². The molecule has 3 heteroatoms. The predicted octanol–water partition coefficient (Wildman–Crippen LogP) is 2.88. The number of fused-ring (bicyclic) bond motifs is 1. The van der Waals surface area contributed by atoms with E-state index in [1.54, 1.807) is 6.07 Å². The molecule has 2 nitrogen and oxygen atoms in total. The Hall–Kier alpha value is -1.35. The van der Waals surface area contributed by atoms with E-state index in [2.05, 4.69) is 20.5 Å². The van der Waals surface area contributed by atoms with E-state index >= 15 is 0 Å². The minimum absolute atomic E-state index is 0.129. The molecule has 0 spiro atoms. The Morgan fingerprint density at radius 2 is 1.79 bits per heavy atom. The van der Waals surface area contributed by atoms with E-state index in [0.29, 0.717) is 5.56 Å². The summed E-state index contributed by atoms with van der Waals surface area (Å²) in [6.07, 6.45) is 0. The van der Waals surface area contributed by atoms with E-state index in [-0.39, 0.29) is 5.91 Å². The van der Waals surface area contributed by atoms with Gasteiger partial charge in [-0.1, -0.05) is 30.3 Å². The van der Waals surface area contributed by atoms with Crippen molar-refractivity contribution in [3.05, 3.63) is 48.0 Å². The highest BCUT2D eigenvalue weighted by molar-refractivity contribution is 9.08. The Morgan fingerprint density at radius 3 is 2.50 bits per heavy atom. The molecule has 0 aliphatic heterocycles. The van der Waals surface area contributed by atoms with Crippen molar-refractivity contribution in [3.8, 4) is 0 Å². The van der Waals surface area contributed by atoms with Gasteiger partial charge in [0, 0.05) is 21.7 Å². The standard InChI is InChI=1S/C11H8BrNO/c12-13-11(14)10-6-5-8-3-1-2-4-9(8)7-10/h1-7H,(H,13,14). The molecule has 0 radical (unpaired) electrons. The molecule has 0 aliphatic rings. The number of hydrogen-bond acceptors (Lipinski definition) is 1. The number of benzene rings is 2. The fourth-order valence-electron chi connectivity index (χ4n) is 1.39. The van der Waals surface area contributed by atoms with Crippen LogP contribution in [0.15, 0.2) is 42.5 Å². The molecule has 0 fully saturated rings. The van der Waals surface area contributed by atoms with Gasteiger partial charge in [-0.05, 0) is 22.9 Å². The van der Waals surface area contributed by atoms with Crippen LogP contribution in [0.4, 0.5) is 0 Å². The first-order chi connectivity index (χ1) is 6.81. The average Bonchev–Trinajstić information content (AvgIpc) is 2.27. The molecule has 0 heterocycles. The Labute approximate surface area is 90.3 Å². The summed E-state index contributed by atoms with van der Waals surface area (Å²) in [6, 6.07) is 13.5. The van der Waals surface area contributed by atoms with E-state index in [0.717, 1.165) is 10.8 Å². The number of nitrogens with one attached hydrogen (secondary N) is 1. The molecule has 2 aromatic carbocycles. The molecular formula is C11H8BrNO. The van der Waals surface area contributed by atoms with Crippen LogP contribution in [0.25, 0.3) is 10.8 Å². The zero-order chi connectivity index (χ0) is 9.97. The van der Waals surface area contributed by atoms with Gasteiger partial charge < -0.3 is 0 Å². The molecule has 70 valence electrons. The Kier molecular flexibility index (Phi) is 2.50. The van der Waals surface area contributed by atoms with Gasteiger partial charge in [0.15, 0.2) is 0 Å². The monoisotopic (exact) mass is 249 g/mol. The Bertz CT molecular complexity index is 481. The average molecular weight is 250 g/mol. The van der Waals surface area contributed by atoms with Crippen LogP contribution in [0.2, 0.25) is 0 Å². The molecule has 0 saturated carbocycles. The Balaban J connectivity index is 2.56. The first kappa shape index (κ1) is 9.21. The second kappa shape index (κ2) is 3.80. The van der Waals surface area contributed by atoms with Crippen molar-refractivity contribution in [3.63, 3.8) is 0 Å². The minimum atomic E-state index is -0.129. The lowest BCUT2D eigenvalue weighted by atomic mass is 10.1. The van der Waals surface area contributed by atoms with Gasteiger partial charge in [-0.25, -0.2) is 0 Å². The van der Waals surface area contributed by atoms with Crippen molar-refractivity contribution < 1.29 is 4.79 Å². The van der Waals surface area contributed by atoms with Crippen molar-refractivity contribution in [2.24, 2.45) is 0 Å². The first-order valence-corrected chi connectivity index (χ1v) is 5.00. The van der Waals surface area contributed by atoms with E-state index in [9.17, 15) is 4.79 Å². The van der Waals surface area contributed by atoms with Crippen LogP contribution in [0.5, 0.6) is 0 Å². The molecule has 0 saturated heterocycles. The van der Waals surface area contributed by atoms with Gasteiger partial charge in [-0.3, -0.25) is 9.14 Å². The molecule has 0 aromatic heterocycles. The third kappa shape index (κ3) is 1.63. The summed E-state index contributed by atoms with van der Waals surface area (Å²) in [5, 5.41) is 2.21. The number of carbonyl (C=O) groups excluding carboxylic acids is 1. The van der Waals surface area contributed by atoms with Gasteiger partial charge in [0.25, 0.3) is 5.91 Å². The molecule has 0 bridgehead atoms. The van der Waals surface area contributed by atoms with Crippen molar-refractivity contribution >= 4 is 32.8 Å². The fraction of sp³-hybridized carbons (Fsp3) is 0. The summed E-state index contributed by atoms with van der Waals surface area (Å²) in [4.78, 5) is 11.3. The lowest BCUT2D eigenvalue weighted by Crippen LogP contribution is -2.11. The number of halogens is 1. The third-order valence-electron chi connectivity index (χ3n) is 2.10. The van der Waals surface area contributed by atoms with Gasteiger partial charge in [0.2, 0.25) is 0 Å². The second-order valence-corrected chi connectivity index (χ2v) is 3.38. The molecule has 1 N–H and O–H groups in total. The summed E-state index contributed by atoms with van der Waals surface area (Å²) in [5.74, 6) is -0.129. The van der Waals surface area contributed by atoms with Crippen molar-refractivity contribution in [2.45, 2.75) is 0 Å². The topological polar surface area (TPSA) is 29.1 Å². The summed E-state index contributed by atoms with van der Waals surface area (Å²) >= 11 is 2.92. The largest absolute Gasteiger partial charge is 0.289 e. The Morgan fingerprint density at radius 1 is 1.07 bits per heavy atom. The molecular weight excluding hydrogens is 242 g/mol. The van der Waals surface area contributed by atoms with E-state index in [4.69, 9.17) is 0 Å². The molecule has 0 atom stereocenters. The SMILES string of the molecule is O=C(NBr)c1ccc2ccccc2c1. The van der Waals surface area contributed by atoms with Crippen molar-refractivity contribution in [1.29, 1.82) is 0 Å². The molecule has 14 heavy (non-hydrogen) atoms. The molecule has 2 rings (SSSR count). The smallest absolute Gasteiger partial charge is 0.261 e. The van der Waals surface area contributed by atoms with Crippen LogP contribution in [0.1, 0.15) is 10.4 Å². The van der Waals surface area contributed by atoms with Crippen LogP contribution >= 0.6 is 16.1 Å². The fourth-order valence-corrected chi connectivity index (χ4v) is 1.61. The summed E-state index contributed by atoms with van der Waals surface area (Å²) in [7, 11) is 0. The zero-order valence-electron chi connectivity index (χ0n) is 7.33. The van der Waals surface area contributed by atoms with Crippen LogP contribution in [0.3, 0.4) is 0 Å². The van der Waals surface area contributed by atoms with E-state index < -0.39 is 0 Å². The number of carbonyl (C=O) groups is 1. The van der Waals surface area contributed by atoms with Crippen LogP contribution < -0.4 is 4.34 Å². The van der Waals surface area contributed by atoms with E-state index in [1.807, 2.05) is 36.4 Å². The number of amides is 1. The summed E-state index contributed by atoms with van der Waals surface area (Å²) in [6.45, 7) is 0. The van der Waals surface area contributed by atoms with Gasteiger partial charge in [-0.2, -0.15) is 0 Å². The zero-order valence-corrected chi connectivity index (χ0v) is 8.91. The highest BCUT2D eigenvalue weighted by Gasteiger charge is 2.03. The van der Waals surface area contributed by atoms with E-state index in [1.165, 1.54) is 0 Å². The van der Waals surface area contributed by atoms with Crippen LogP contribution in [-0.2, 0) is 0 Å². The van der Waals surface area contributed by atoms with Crippen molar-refractivity contribution in [2.75, 3.05) is 0 Å². The minimum Gasteiger partial charge on any atom is -0.289 e. The van der Waals surface area contributed by atoms with Gasteiger partial charge >= 0.3 is 0 Å². The molecule has 1 amide bonds. The number of rotatable bonds is 1. The maximum absolute atomic E-state index is 11.3. The third-order valence-corrected chi connectivity index (χ3v) is 2.46. The summed E-state index contributed by atoms with van der Waals surface area (Å²) < 4.78 is 2.42. The highest BCUT2D eigenvalue weighted by Crippen LogP contribution is 2.15. The normalized spacial score (nSPS) is 10.1. The van der Waals surface area contributed by atoms with Gasteiger partial charge in [0.05, 0.1) is 0 Å². The lowest BCUT2D eigenvalue weighted by molar-refractivity contribution is 0.0986. The maximum atomic E-state index is 11.3.